The average molecular weight is 386 g/mol. The fraction of sp³-hybridized carbons (Fsp3) is 0.588. The second-order valence-electron chi connectivity index (χ2n) is 7.02. The number of carbonyl (C=O) groups is 1. The van der Waals surface area contributed by atoms with Crippen LogP contribution in [-0.4, -0.2) is 57.2 Å². The third-order valence-electron chi connectivity index (χ3n) is 5.47. The van der Waals surface area contributed by atoms with Gasteiger partial charge < -0.3 is 10.2 Å². The van der Waals surface area contributed by atoms with Crippen LogP contribution in [0.2, 0.25) is 0 Å². The number of fused-ring (bicyclic) bond motifs is 3. The van der Waals surface area contributed by atoms with Gasteiger partial charge in [0.2, 0.25) is 10.0 Å². The summed E-state index contributed by atoms with van der Waals surface area (Å²) >= 11 is 0. The smallest absolute Gasteiger partial charge is 0.254 e. The Morgan fingerprint density at radius 3 is 2.72 bits per heavy atom. The Bertz CT molecular complexity index is 769. The maximum absolute atomic E-state index is 13.1. The summed E-state index contributed by atoms with van der Waals surface area (Å²) in [7, 11) is -3.25. The van der Waals surface area contributed by atoms with E-state index in [1.54, 1.807) is 12.1 Å². The van der Waals surface area contributed by atoms with E-state index < -0.39 is 10.0 Å². The molecule has 0 radical (unpaired) electrons. The Kier molecular flexibility index (Phi) is 5.01. The van der Waals surface area contributed by atoms with Gasteiger partial charge in [-0.25, -0.2) is 8.42 Å². The number of hydrogen-bond acceptors (Lipinski definition) is 4. The van der Waals surface area contributed by atoms with Gasteiger partial charge in [-0.1, -0.05) is 0 Å². The molecular weight excluding hydrogens is 362 g/mol. The molecule has 0 spiro atoms. The molecule has 1 N–H and O–H groups in total. The summed E-state index contributed by atoms with van der Waals surface area (Å²) in [5.74, 6) is 0.0896. The predicted molar refractivity (Wildman–Crippen MR) is 100 cm³/mol. The van der Waals surface area contributed by atoms with Gasteiger partial charge in [-0.15, -0.1) is 12.4 Å². The van der Waals surface area contributed by atoms with E-state index in [1.165, 1.54) is 10.6 Å². The molecule has 6 nitrogen and oxygen atoms in total. The van der Waals surface area contributed by atoms with Crippen LogP contribution in [0.5, 0.6) is 0 Å². The van der Waals surface area contributed by atoms with Gasteiger partial charge in [0.05, 0.1) is 11.9 Å². The van der Waals surface area contributed by atoms with Crippen LogP contribution in [0.1, 0.15) is 35.2 Å². The number of rotatable bonds is 2. The summed E-state index contributed by atoms with van der Waals surface area (Å²) in [5, 5.41) is 3.41. The van der Waals surface area contributed by atoms with Crippen molar-refractivity contribution in [2.24, 2.45) is 0 Å². The van der Waals surface area contributed by atoms with Gasteiger partial charge in [-0.05, 0) is 56.0 Å². The van der Waals surface area contributed by atoms with Crippen LogP contribution in [0.3, 0.4) is 0 Å². The van der Waals surface area contributed by atoms with Gasteiger partial charge in [0.15, 0.2) is 0 Å². The van der Waals surface area contributed by atoms with Crippen molar-refractivity contribution in [3.63, 3.8) is 0 Å². The number of amides is 1. The van der Waals surface area contributed by atoms with Crippen LogP contribution in [-0.2, 0) is 16.4 Å². The highest BCUT2D eigenvalue weighted by molar-refractivity contribution is 7.92. The number of carbonyl (C=O) groups excluding carboxylic acids is 1. The highest BCUT2D eigenvalue weighted by atomic mass is 35.5. The SMILES string of the molecule is CS(=O)(=O)N1CCc2cc(C(=O)N3C4CCNCC3CC4)ccc21.Cl. The Labute approximate surface area is 155 Å². The minimum Gasteiger partial charge on any atom is -0.331 e. The van der Waals surface area contributed by atoms with E-state index >= 15 is 0 Å². The Morgan fingerprint density at radius 1 is 1.20 bits per heavy atom. The molecule has 2 fully saturated rings. The molecule has 3 heterocycles. The highest BCUT2D eigenvalue weighted by Crippen LogP contribution is 2.33. The summed E-state index contributed by atoms with van der Waals surface area (Å²) in [5.41, 5.74) is 2.35. The molecule has 1 aromatic rings. The van der Waals surface area contributed by atoms with Crippen molar-refractivity contribution in [1.29, 1.82) is 0 Å². The zero-order chi connectivity index (χ0) is 16.9. The summed E-state index contributed by atoms with van der Waals surface area (Å²) in [6.45, 7) is 2.30. The van der Waals surface area contributed by atoms with Crippen molar-refractivity contribution in [2.75, 3.05) is 30.2 Å². The number of anilines is 1. The molecule has 25 heavy (non-hydrogen) atoms. The lowest BCUT2D eigenvalue weighted by molar-refractivity contribution is 0.0680. The molecule has 2 unspecified atom stereocenters. The second kappa shape index (κ2) is 6.78. The van der Waals surface area contributed by atoms with Crippen molar-refractivity contribution in [1.82, 2.24) is 10.2 Å². The number of hydrogen-bond donors (Lipinski definition) is 1. The summed E-state index contributed by atoms with van der Waals surface area (Å²) in [4.78, 5) is 15.1. The molecule has 0 aliphatic carbocycles. The zero-order valence-electron chi connectivity index (χ0n) is 14.3. The fourth-order valence-corrected chi connectivity index (χ4v) is 5.27. The standard InChI is InChI=1S/C17H23N3O3S.ClH/c1-24(22,23)19-9-7-12-10-13(2-5-16(12)19)17(21)20-14-3-4-15(20)11-18-8-6-14;/h2,5,10,14-15,18H,3-4,6-9,11H2,1H3;1H. The van der Waals surface area contributed by atoms with Crippen molar-refractivity contribution < 1.29 is 13.2 Å². The molecule has 0 saturated carbocycles. The van der Waals surface area contributed by atoms with E-state index in [-0.39, 0.29) is 24.4 Å². The Hall–Kier alpha value is -1.31. The van der Waals surface area contributed by atoms with E-state index in [0.717, 1.165) is 43.6 Å². The van der Waals surface area contributed by atoms with E-state index in [2.05, 4.69) is 10.2 Å². The fourth-order valence-electron chi connectivity index (χ4n) is 4.31. The number of sulfonamides is 1. The molecule has 138 valence electrons. The normalized spacial score (nSPS) is 25.3. The molecule has 8 heteroatoms. The first-order chi connectivity index (χ1) is 11.4. The third-order valence-corrected chi connectivity index (χ3v) is 6.65. The van der Waals surface area contributed by atoms with Gasteiger partial charge >= 0.3 is 0 Å². The second-order valence-corrected chi connectivity index (χ2v) is 8.93. The molecule has 2 atom stereocenters. The Morgan fingerprint density at radius 2 is 1.96 bits per heavy atom. The van der Waals surface area contributed by atoms with Crippen LogP contribution in [0, 0.1) is 0 Å². The average Bonchev–Trinajstić information content (AvgIpc) is 3.05. The van der Waals surface area contributed by atoms with Crippen LogP contribution in [0.15, 0.2) is 18.2 Å². The van der Waals surface area contributed by atoms with Gasteiger partial charge in [0.25, 0.3) is 5.91 Å². The molecule has 4 rings (SSSR count). The van der Waals surface area contributed by atoms with Gasteiger partial charge in [-0.2, -0.15) is 0 Å². The van der Waals surface area contributed by atoms with E-state index in [9.17, 15) is 13.2 Å². The number of nitrogens with one attached hydrogen (secondary N) is 1. The number of benzene rings is 1. The first kappa shape index (κ1) is 18.5. The molecular formula is C17H24ClN3O3S. The minimum absolute atomic E-state index is 0. The van der Waals surface area contributed by atoms with Gasteiger partial charge in [-0.3, -0.25) is 9.10 Å². The minimum atomic E-state index is -3.25. The summed E-state index contributed by atoms with van der Waals surface area (Å²) in [6, 6.07) is 6.07. The van der Waals surface area contributed by atoms with Crippen LogP contribution in [0.25, 0.3) is 0 Å². The number of nitrogens with zero attached hydrogens (tertiary/aromatic N) is 2. The van der Waals surface area contributed by atoms with E-state index in [1.807, 2.05) is 6.07 Å². The highest BCUT2D eigenvalue weighted by Gasteiger charge is 2.38. The quantitative estimate of drug-likeness (QED) is 0.835. The van der Waals surface area contributed by atoms with Gasteiger partial charge in [0, 0.05) is 30.7 Å². The number of halogens is 1. The third kappa shape index (κ3) is 3.25. The van der Waals surface area contributed by atoms with Crippen molar-refractivity contribution in [3.05, 3.63) is 29.3 Å². The van der Waals surface area contributed by atoms with Crippen LogP contribution >= 0.6 is 12.4 Å². The molecule has 1 amide bonds. The lowest BCUT2D eigenvalue weighted by Gasteiger charge is -2.28. The van der Waals surface area contributed by atoms with Crippen LogP contribution < -0.4 is 9.62 Å². The molecule has 0 aromatic heterocycles. The monoisotopic (exact) mass is 385 g/mol. The molecule has 3 aliphatic heterocycles. The Balaban J connectivity index is 0.00000182. The van der Waals surface area contributed by atoms with E-state index in [4.69, 9.17) is 0 Å². The predicted octanol–water partition coefficient (Wildman–Crippen LogP) is 1.40. The maximum atomic E-state index is 13.1. The summed E-state index contributed by atoms with van der Waals surface area (Å²) in [6.07, 6.45) is 5.05. The lowest BCUT2D eigenvalue weighted by Crippen LogP contribution is -2.42. The zero-order valence-corrected chi connectivity index (χ0v) is 15.9. The van der Waals surface area contributed by atoms with E-state index in [0.29, 0.717) is 24.6 Å². The van der Waals surface area contributed by atoms with Crippen molar-refractivity contribution in [2.45, 2.75) is 37.8 Å². The van der Waals surface area contributed by atoms with Crippen LogP contribution in [0.4, 0.5) is 5.69 Å². The molecule has 2 bridgehead atoms. The molecule has 1 aromatic carbocycles. The lowest BCUT2D eigenvalue weighted by atomic mass is 10.1. The summed E-state index contributed by atoms with van der Waals surface area (Å²) < 4.78 is 25.1. The first-order valence-corrected chi connectivity index (χ1v) is 10.4. The largest absolute Gasteiger partial charge is 0.331 e. The first-order valence-electron chi connectivity index (χ1n) is 8.59. The maximum Gasteiger partial charge on any atom is 0.254 e. The molecule has 3 aliphatic rings. The topological polar surface area (TPSA) is 69.7 Å². The van der Waals surface area contributed by atoms with Crippen molar-refractivity contribution in [3.8, 4) is 0 Å². The molecule has 2 saturated heterocycles. The van der Waals surface area contributed by atoms with Crippen molar-refractivity contribution >= 4 is 34.0 Å². The van der Waals surface area contributed by atoms with Gasteiger partial charge in [0.1, 0.15) is 0 Å².